The van der Waals surface area contributed by atoms with E-state index in [4.69, 9.17) is 9.73 Å². The molecule has 0 aromatic heterocycles. The van der Waals surface area contributed by atoms with Crippen molar-refractivity contribution in [3.05, 3.63) is 33.8 Å². The number of piperidine rings is 1. The van der Waals surface area contributed by atoms with Gasteiger partial charge in [-0.25, -0.2) is 4.99 Å². The van der Waals surface area contributed by atoms with Gasteiger partial charge in [-0.05, 0) is 56.9 Å². The van der Waals surface area contributed by atoms with Crippen molar-refractivity contribution < 1.29 is 9.53 Å². The second kappa shape index (κ2) is 9.80. The Kier molecular flexibility index (Phi) is 7.75. The molecule has 1 heterocycles. The predicted molar refractivity (Wildman–Crippen MR) is 105 cm³/mol. The number of rotatable bonds is 5. The Hall–Kier alpha value is -1.56. The molecule has 25 heavy (non-hydrogen) atoms. The number of nitrogens with one attached hydrogen (secondary N) is 1. The molecule has 5 nitrogen and oxygen atoms in total. The van der Waals surface area contributed by atoms with Crippen LogP contribution in [0.25, 0.3) is 0 Å². The minimum atomic E-state index is -0.0606. The summed E-state index contributed by atoms with van der Waals surface area (Å²) in [6, 6.07) is 6.28. The average molecular weight is 410 g/mol. The molecule has 138 valence electrons. The summed E-state index contributed by atoms with van der Waals surface area (Å²) in [5.74, 6) is 0.884. The summed E-state index contributed by atoms with van der Waals surface area (Å²) in [5.41, 5.74) is 2.45. The fourth-order valence-corrected chi connectivity index (χ4v) is 3.49. The van der Waals surface area contributed by atoms with Gasteiger partial charge in [0, 0.05) is 24.1 Å². The summed E-state index contributed by atoms with van der Waals surface area (Å²) in [7, 11) is 0. The van der Waals surface area contributed by atoms with Crippen LogP contribution in [0.3, 0.4) is 0 Å². The minimum Gasteiger partial charge on any atom is -0.466 e. The maximum absolute atomic E-state index is 11.9. The number of aryl methyl sites for hydroxylation is 1. The highest BCUT2D eigenvalue weighted by atomic mass is 79.9. The van der Waals surface area contributed by atoms with Crippen LogP contribution in [0.1, 0.15) is 37.8 Å². The summed E-state index contributed by atoms with van der Waals surface area (Å²) in [6.45, 7) is 9.63. The normalized spacial score (nSPS) is 16.0. The van der Waals surface area contributed by atoms with Gasteiger partial charge in [-0.2, -0.15) is 0 Å². The van der Waals surface area contributed by atoms with E-state index in [1.807, 2.05) is 6.92 Å². The lowest BCUT2D eigenvalue weighted by molar-refractivity contribution is -0.149. The van der Waals surface area contributed by atoms with Gasteiger partial charge in [-0.1, -0.05) is 22.0 Å². The Bertz CT molecular complexity index is 611. The Labute approximate surface area is 159 Å². The SMILES string of the molecule is CCNC(=NCc1ccc(Br)cc1C)N1CCC(C(=O)OCC)CC1. The van der Waals surface area contributed by atoms with Crippen LogP contribution in [0.4, 0.5) is 0 Å². The van der Waals surface area contributed by atoms with E-state index in [1.54, 1.807) is 0 Å². The molecule has 6 heteroatoms. The summed E-state index contributed by atoms with van der Waals surface area (Å²) < 4.78 is 6.23. The van der Waals surface area contributed by atoms with Gasteiger partial charge in [0.15, 0.2) is 5.96 Å². The number of carbonyl (C=O) groups excluding carboxylic acids is 1. The minimum absolute atomic E-state index is 0.0211. The lowest BCUT2D eigenvalue weighted by atomic mass is 9.97. The lowest BCUT2D eigenvalue weighted by Crippen LogP contribution is -2.46. The number of esters is 1. The van der Waals surface area contributed by atoms with Crippen molar-refractivity contribution in [2.75, 3.05) is 26.2 Å². The van der Waals surface area contributed by atoms with Crippen molar-refractivity contribution in [3.63, 3.8) is 0 Å². The smallest absolute Gasteiger partial charge is 0.309 e. The molecule has 0 bridgehead atoms. The van der Waals surface area contributed by atoms with Crippen LogP contribution in [-0.2, 0) is 16.1 Å². The number of guanidine groups is 1. The van der Waals surface area contributed by atoms with Gasteiger partial charge in [0.2, 0.25) is 0 Å². The first kappa shape index (κ1) is 19.8. The molecule has 2 rings (SSSR count). The van der Waals surface area contributed by atoms with E-state index in [0.717, 1.165) is 42.9 Å². The van der Waals surface area contributed by atoms with Crippen molar-refractivity contribution in [2.45, 2.75) is 40.2 Å². The second-order valence-electron chi connectivity index (χ2n) is 6.25. The molecule has 0 atom stereocenters. The van der Waals surface area contributed by atoms with Gasteiger partial charge in [-0.3, -0.25) is 4.79 Å². The zero-order valence-electron chi connectivity index (χ0n) is 15.3. The van der Waals surface area contributed by atoms with Crippen molar-refractivity contribution in [1.82, 2.24) is 10.2 Å². The van der Waals surface area contributed by atoms with E-state index >= 15 is 0 Å². The number of nitrogens with zero attached hydrogens (tertiary/aromatic N) is 2. The third-order valence-electron chi connectivity index (χ3n) is 4.45. The number of hydrogen-bond acceptors (Lipinski definition) is 3. The molecule has 0 unspecified atom stereocenters. The maximum Gasteiger partial charge on any atom is 0.309 e. The quantitative estimate of drug-likeness (QED) is 0.459. The Balaban J connectivity index is 1.99. The number of halogens is 1. The number of benzene rings is 1. The van der Waals surface area contributed by atoms with Gasteiger partial charge in [0.1, 0.15) is 0 Å². The molecule has 1 aromatic rings. The molecule has 0 spiro atoms. The van der Waals surface area contributed by atoms with E-state index in [9.17, 15) is 4.79 Å². The Morgan fingerprint density at radius 3 is 2.68 bits per heavy atom. The molecule has 0 aliphatic carbocycles. The zero-order chi connectivity index (χ0) is 18.2. The van der Waals surface area contributed by atoms with Crippen molar-refractivity contribution in [1.29, 1.82) is 0 Å². The molecule has 1 saturated heterocycles. The van der Waals surface area contributed by atoms with Gasteiger partial charge < -0.3 is 15.0 Å². The Morgan fingerprint density at radius 1 is 1.36 bits per heavy atom. The fraction of sp³-hybridized carbons (Fsp3) is 0.579. The number of ether oxygens (including phenoxy) is 1. The standard InChI is InChI=1S/C19H28BrN3O2/c1-4-21-19(22-13-16-6-7-17(20)12-14(16)3)23-10-8-15(9-11-23)18(24)25-5-2/h6-7,12,15H,4-5,8-11,13H2,1-3H3,(H,21,22). The molecular formula is C19H28BrN3O2. The van der Waals surface area contributed by atoms with Crippen molar-refractivity contribution >= 4 is 27.9 Å². The van der Waals surface area contributed by atoms with E-state index in [2.05, 4.69) is 58.2 Å². The van der Waals surface area contributed by atoms with Gasteiger partial charge in [0.05, 0.1) is 19.1 Å². The van der Waals surface area contributed by atoms with Crippen LogP contribution in [0, 0.1) is 12.8 Å². The highest BCUT2D eigenvalue weighted by molar-refractivity contribution is 9.10. The van der Waals surface area contributed by atoms with Crippen LogP contribution in [0.2, 0.25) is 0 Å². The topological polar surface area (TPSA) is 53.9 Å². The van der Waals surface area contributed by atoms with Gasteiger partial charge in [-0.15, -0.1) is 0 Å². The van der Waals surface area contributed by atoms with Crippen LogP contribution in [0.15, 0.2) is 27.7 Å². The third kappa shape index (κ3) is 5.73. The predicted octanol–water partition coefficient (Wildman–Crippen LogP) is 3.50. The Morgan fingerprint density at radius 2 is 2.08 bits per heavy atom. The number of hydrogen-bond donors (Lipinski definition) is 1. The van der Waals surface area contributed by atoms with Crippen LogP contribution >= 0.6 is 15.9 Å². The highest BCUT2D eigenvalue weighted by Gasteiger charge is 2.27. The summed E-state index contributed by atoms with van der Waals surface area (Å²) in [6.07, 6.45) is 1.64. The monoisotopic (exact) mass is 409 g/mol. The molecule has 0 saturated carbocycles. The first-order chi connectivity index (χ1) is 12.0. The second-order valence-corrected chi connectivity index (χ2v) is 7.17. The van der Waals surface area contributed by atoms with E-state index in [0.29, 0.717) is 13.2 Å². The molecule has 0 amide bonds. The number of aliphatic imine (C=N–C) groups is 1. The van der Waals surface area contributed by atoms with Crippen LogP contribution in [0.5, 0.6) is 0 Å². The molecule has 0 radical (unpaired) electrons. The molecule has 1 fully saturated rings. The molecule has 1 aliphatic rings. The summed E-state index contributed by atoms with van der Waals surface area (Å²) >= 11 is 3.50. The van der Waals surface area contributed by atoms with Gasteiger partial charge in [0.25, 0.3) is 0 Å². The van der Waals surface area contributed by atoms with E-state index in [-0.39, 0.29) is 11.9 Å². The number of carbonyl (C=O) groups is 1. The van der Waals surface area contributed by atoms with Crippen LogP contribution < -0.4 is 5.32 Å². The number of likely N-dealkylation sites (tertiary alicyclic amines) is 1. The van der Waals surface area contributed by atoms with E-state index < -0.39 is 0 Å². The summed E-state index contributed by atoms with van der Waals surface area (Å²) in [5, 5.41) is 3.37. The van der Waals surface area contributed by atoms with Crippen molar-refractivity contribution in [3.8, 4) is 0 Å². The third-order valence-corrected chi connectivity index (χ3v) is 4.95. The maximum atomic E-state index is 11.9. The highest BCUT2D eigenvalue weighted by Crippen LogP contribution is 2.20. The molecule has 1 N–H and O–H groups in total. The fourth-order valence-electron chi connectivity index (χ4n) is 3.01. The summed E-state index contributed by atoms with van der Waals surface area (Å²) in [4.78, 5) is 18.9. The lowest BCUT2D eigenvalue weighted by Gasteiger charge is -2.33. The van der Waals surface area contributed by atoms with Gasteiger partial charge >= 0.3 is 5.97 Å². The first-order valence-electron chi connectivity index (χ1n) is 9.00. The van der Waals surface area contributed by atoms with E-state index in [1.165, 1.54) is 11.1 Å². The zero-order valence-corrected chi connectivity index (χ0v) is 16.9. The van der Waals surface area contributed by atoms with Crippen molar-refractivity contribution in [2.24, 2.45) is 10.9 Å². The first-order valence-corrected chi connectivity index (χ1v) is 9.79. The molecule has 1 aromatic carbocycles. The molecule has 1 aliphatic heterocycles. The average Bonchev–Trinajstić information content (AvgIpc) is 2.60. The van der Waals surface area contributed by atoms with Crippen LogP contribution in [-0.4, -0.2) is 43.1 Å². The largest absolute Gasteiger partial charge is 0.466 e. The molecular weight excluding hydrogens is 382 g/mol.